The number of hydrogen-bond donors (Lipinski definition) is 2. The Balaban J connectivity index is 1.95. The Bertz CT molecular complexity index is 479. The largest absolute Gasteiger partial charge is 0.493 e. The molecule has 2 rings (SSSR count). The number of rotatable bonds is 8. The maximum atomic E-state index is 8.64. The van der Waals surface area contributed by atoms with Gasteiger partial charge in [-0.2, -0.15) is 0 Å². The minimum atomic E-state index is 0.250. The van der Waals surface area contributed by atoms with E-state index >= 15 is 0 Å². The van der Waals surface area contributed by atoms with E-state index in [4.69, 9.17) is 20.4 Å². The normalized spacial score (nSPS) is 17.8. The van der Waals surface area contributed by atoms with Gasteiger partial charge in [0, 0.05) is 44.6 Å². The number of fused-ring (bicyclic) bond motifs is 1. The lowest BCUT2D eigenvalue weighted by molar-refractivity contribution is 0.142. The smallest absolute Gasteiger partial charge is 0.140 e. The van der Waals surface area contributed by atoms with Gasteiger partial charge in [-0.1, -0.05) is 23.4 Å². The molecule has 0 bridgehead atoms. The summed E-state index contributed by atoms with van der Waals surface area (Å²) in [6.45, 7) is 3.78. The third-order valence-electron chi connectivity index (χ3n) is 3.70. The molecule has 21 heavy (non-hydrogen) atoms. The van der Waals surface area contributed by atoms with E-state index in [1.54, 1.807) is 7.11 Å². The van der Waals surface area contributed by atoms with Gasteiger partial charge in [0.15, 0.2) is 0 Å². The Hall–Kier alpha value is -1.79. The molecule has 0 radical (unpaired) electrons. The summed E-state index contributed by atoms with van der Waals surface area (Å²) in [6, 6.07) is 8.15. The van der Waals surface area contributed by atoms with Crippen LogP contribution < -0.4 is 10.5 Å². The summed E-state index contributed by atoms with van der Waals surface area (Å²) in [4.78, 5) is 2.26. The molecular formula is C15H23N3O3. The Morgan fingerprint density at radius 1 is 1.48 bits per heavy atom. The Morgan fingerprint density at radius 2 is 2.29 bits per heavy atom. The highest BCUT2D eigenvalue weighted by Gasteiger charge is 2.25. The number of amidine groups is 1. The van der Waals surface area contributed by atoms with Crippen molar-refractivity contribution in [3.8, 4) is 5.75 Å². The molecule has 1 aliphatic heterocycles. The first-order valence-corrected chi connectivity index (χ1v) is 7.14. The van der Waals surface area contributed by atoms with Crippen LogP contribution in [0.3, 0.4) is 0 Å². The number of para-hydroxylation sites is 1. The molecule has 0 amide bonds. The highest BCUT2D eigenvalue weighted by atomic mass is 16.5. The summed E-state index contributed by atoms with van der Waals surface area (Å²) in [7, 11) is 1.69. The molecule has 1 aromatic rings. The summed E-state index contributed by atoms with van der Waals surface area (Å²) in [5, 5.41) is 11.7. The van der Waals surface area contributed by atoms with E-state index < -0.39 is 0 Å². The standard InChI is InChI=1S/C15H23N3O3/c1-20-9-8-18(7-6-15(16)17-19)10-12-11-21-14-5-3-2-4-13(12)14/h2-5,12,19H,6-11H2,1H3,(H2,16,17). The molecule has 0 saturated carbocycles. The van der Waals surface area contributed by atoms with Crippen LogP contribution in [0, 0.1) is 0 Å². The van der Waals surface area contributed by atoms with Gasteiger partial charge < -0.3 is 20.4 Å². The fraction of sp³-hybridized carbons (Fsp3) is 0.533. The Morgan fingerprint density at radius 3 is 3.05 bits per heavy atom. The van der Waals surface area contributed by atoms with Crippen molar-refractivity contribution in [3.05, 3.63) is 29.8 Å². The minimum Gasteiger partial charge on any atom is -0.493 e. The van der Waals surface area contributed by atoms with Crippen molar-refractivity contribution in [3.63, 3.8) is 0 Å². The molecule has 3 N–H and O–H groups in total. The van der Waals surface area contributed by atoms with Gasteiger partial charge in [-0.3, -0.25) is 4.90 Å². The molecule has 6 heteroatoms. The van der Waals surface area contributed by atoms with Crippen molar-refractivity contribution in [2.24, 2.45) is 10.9 Å². The number of ether oxygens (including phenoxy) is 2. The van der Waals surface area contributed by atoms with Crippen molar-refractivity contribution in [2.45, 2.75) is 12.3 Å². The number of methoxy groups -OCH3 is 1. The van der Waals surface area contributed by atoms with E-state index in [1.165, 1.54) is 5.56 Å². The van der Waals surface area contributed by atoms with E-state index in [9.17, 15) is 0 Å². The van der Waals surface area contributed by atoms with Crippen LogP contribution in [-0.4, -0.2) is 55.9 Å². The van der Waals surface area contributed by atoms with Crippen LogP contribution in [0.5, 0.6) is 5.75 Å². The highest BCUT2D eigenvalue weighted by Crippen LogP contribution is 2.33. The molecule has 1 aromatic carbocycles. The van der Waals surface area contributed by atoms with Gasteiger partial charge >= 0.3 is 0 Å². The van der Waals surface area contributed by atoms with Crippen LogP contribution >= 0.6 is 0 Å². The molecule has 0 spiro atoms. The zero-order valence-corrected chi connectivity index (χ0v) is 12.4. The molecule has 0 fully saturated rings. The molecule has 1 atom stereocenters. The van der Waals surface area contributed by atoms with Gasteiger partial charge in [-0.25, -0.2) is 0 Å². The summed E-state index contributed by atoms with van der Waals surface area (Å²) >= 11 is 0. The SMILES string of the molecule is COCCN(CCC(N)=NO)CC1COc2ccccc21. The second-order valence-electron chi connectivity index (χ2n) is 5.18. The third kappa shape index (κ3) is 4.34. The molecule has 116 valence electrons. The maximum absolute atomic E-state index is 8.64. The van der Waals surface area contributed by atoms with Crippen molar-refractivity contribution < 1.29 is 14.7 Å². The Kier molecular flexibility index (Phi) is 5.83. The van der Waals surface area contributed by atoms with E-state index in [2.05, 4.69) is 16.1 Å². The van der Waals surface area contributed by atoms with E-state index in [1.807, 2.05) is 18.2 Å². The lowest BCUT2D eigenvalue weighted by Gasteiger charge is -2.24. The van der Waals surface area contributed by atoms with Gasteiger partial charge in [0.25, 0.3) is 0 Å². The third-order valence-corrected chi connectivity index (χ3v) is 3.70. The highest BCUT2D eigenvalue weighted by molar-refractivity contribution is 5.79. The first kappa shape index (κ1) is 15.6. The number of benzene rings is 1. The van der Waals surface area contributed by atoms with Crippen molar-refractivity contribution in [1.82, 2.24) is 4.90 Å². The summed E-state index contributed by atoms with van der Waals surface area (Å²) in [5.41, 5.74) is 6.81. The average Bonchev–Trinajstić information content (AvgIpc) is 2.92. The van der Waals surface area contributed by atoms with Crippen LogP contribution in [0.25, 0.3) is 0 Å². The number of hydrogen-bond acceptors (Lipinski definition) is 5. The molecule has 0 saturated heterocycles. The van der Waals surface area contributed by atoms with Gasteiger partial charge in [0.2, 0.25) is 0 Å². The number of nitrogens with zero attached hydrogens (tertiary/aromatic N) is 2. The van der Waals surface area contributed by atoms with Crippen LogP contribution in [0.2, 0.25) is 0 Å². The predicted molar refractivity (Wildman–Crippen MR) is 81.0 cm³/mol. The summed E-state index contributed by atoms with van der Waals surface area (Å²) < 4.78 is 10.9. The topological polar surface area (TPSA) is 80.3 Å². The minimum absolute atomic E-state index is 0.250. The quantitative estimate of drug-likeness (QED) is 0.326. The molecule has 0 aromatic heterocycles. The van der Waals surface area contributed by atoms with Crippen LogP contribution in [0.1, 0.15) is 17.9 Å². The van der Waals surface area contributed by atoms with E-state index in [0.717, 1.165) is 25.4 Å². The van der Waals surface area contributed by atoms with Gasteiger partial charge in [-0.15, -0.1) is 0 Å². The van der Waals surface area contributed by atoms with Gasteiger partial charge in [0.1, 0.15) is 11.6 Å². The second-order valence-corrected chi connectivity index (χ2v) is 5.18. The lowest BCUT2D eigenvalue weighted by atomic mass is 10.0. The fourth-order valence-corrected chi connectivity index (χ4v) is 2.53. The Labute approximate surface area is 125 Å². The van der Waals surface area contributed by atoms with Crippen molar-refractivity contribution >= 4 is 5.84 Å². The molecule has 1 heterocycles. The molecule has 1 aliphatic rings. The molecular weight excluding hydrogens is 270 g/mol. The zero-order chi connectivity index (χ0) is 15.1. The van der Waals surface area contributed by atoms with E-state index in [-0.39, 0.29) is 5.84 Å². The number of nitrogens with two attached hydrogens (primary N) is 1. The fourth-order valence-electron chi connectivity index (χ4n) is 2.53. The van der Waals surface area contributed by atoms with Crippen molar-refractivity contribution in [2.75, 3.05) is 40.0 Å². The summed E-state index contributed by atoms with van der Waals surface area (Å²) in [5.74, 6) is 1.58. The van der Waals surface area contributed by atoms with E-state index in [0.29, 0.717) is 25.6 Å². The van der Waals surface area contributed by atoms with Gasteiger partial charge in [-0.05, 0) is 6.07 Å². The second kappa shape index (κ2) is 7.85. The first-order chi connectivity index (χ1) is 10.2. The lowest BCUT2D eigenvalue weighted by Crippen LogP contribution is -2.35. The van der Waals surface area contributed by atoms with Crippen LogP contribution in [0.4, 0.5) is 0 Å². The van der Waals surface area contributed by atoms with Crippen LogP contribution in [-0.2, 0) is 4.74 Å². The van der Waals surface area contributed by atoms with Gasteiger partial charge in [0.05, 0.1) is 13.2 Å². The molecule has 6 nitrogen and oxygen atoms in total. The average molecular weight is 293 g/mol. The summed E-state index contributed by atoms with van der Waals surface area (Å²) in [6.07, 6.45) is 0.537. The monoisotopic (exact) mass is 293 g/mol. The number of oxime groups is 1. The molecule has 0 aliphatic carbocycles. The van der Waals surface area contributed by atoms with Crippen molar-refractivity contribution in [1.29, 1.82) is 0 Å². The maximum Gasteiger partial charge on any atom is 0.140 e. The first-order valence-electron chi connectivity index (χ1n) is 7.14. The van der Waals surface area contributed by atoms with Crippen LogP contribution in [0.15, 0.2) is 29.4 Å². The predicted octanol–water partition coefficient (Wildman–Crippen LogP) is 1.25. The zero-order valence-electron chi connectivity index (χ0n) is 12.4. The molecule has 1 unspecified atom stereocenters.